The third kappa shape index (κ3) is 8.42. The number of nitrogen functional groups attached to an aromatic ring is 1. The van der Waals surface area contributed by atoms with Crippen molar-refractivity contribution < 1.29 is 23.8 Å². The van der Waals surface area contributed by atoms with Crippen LogP contribution in [-0.4, -0.2) is 47.7 Å². The summed E-state index contributed by atoms with van der Waals surface area (Å²) in [6.45, 7) is 15.2. The van der Waals surface area contributed by atoms with E-state index in [9.17, 15) is 9.59 Å². The first-order valence-electron chi connectivity index (χ1n) is 15.1. The number of aromatic nitrogens is 1. The van der Waals surface area contributed by atoms with Gasteiger partial charge in [-0.3, -0.25) is 9.78 Å². The summed E-state index contributed by atoms with van der Waals surface area (Å²) in [4.78, 5) is 32.1. The number of benzene rings is 2. The molecule has 2 aromatic carbocycles. The van der Waals surface area contributed by atoms with E-state index in [2.05, 4.69) is 31.1 Å². The molecule has 0 atom stereocenters. The highest BCUT2D eigenvalue weighted by Gasteiger charge is 2.27. The quantitative estimate of drug-likeness (QED) is 0.269. The van der Waals surface area contributed by atoms with Crippen molar-refractivity contribution in [1.29, 1.82) is 0 Å². The Balaban J connectivity index is 1.43. The Hall–Kier alpha value is -4.27. The predicted molar refractivity (Wildman–Crippen MR) is 174 cm³/mol. The smallest absolute Gasteiger partial charge is 0.410 e. The van der Waals surface area contributed by atoms with E-state index in [1.807, 2.05) is 58.0 Å². The van der Waals surface area contributed by atoms with Crippen molar-refractivity contribution in [3.8, 4) is 17.2 Å². The molecule has 0 radical (unpaired) electrons. The molecule has 44 heavy (non-hydrogen) atoms. The number of nitrogens with one attached hydrogen (secondary N) is 1. The standard InChI is InChI=1S/C35H46N4O5/c1-22-9-10-24(32(40)38-29-20-25(34(2,3)4)19-28(36)31(29)42-8)18-30(22)43-27-11-14-37-26(21-27)17-23-12-15-39(16-13-23)33(41)44-35(5,6)7/h9-11,14,18-21,23H,12-13,15-17,36H2,1-8H3,(H,38,40). The van der Waals surface area contributed by atoms with Gasteiger partial charge < -0.3 is 30.2 Å². The van der Waals surface area contributed by atoms with Gasteiger partial charge in [0.2, 0.25) is 0 Å². The highest BCUT2D eigenvalue weighted by molar-refractivity contribution is 6.06. The molecule has 3 N–H and O–H groups in total. The fourth-order valence-electron chi connectivity index (χ4n) is 5.15. The molecule has 0 unspecified atom stereocenters. The van der Waals surface area contributed by atoms with Crippen molar-refractivity contribution >= 4 is 23.4 Å². The van der Waals surface area contributed by atoms with Crippen molar-refractivity contribution in [2.24, 2.45) is 5.92 Å². The molecule has 1 aromatic heterocycles. The van der Waals surface area contributed by atoms with Crippen LogP contribution in [0.25, 0.3) is 0 Å². The lowest BCUT2D eigenvalue weighted by molar-refractivity contribution is 0.0184. The number of amides is 2. The molecule has 0 bridgehead atoms. The molecule has 2 amide bonds. The topological polar surface area (TPSA) is 116 Å². The molecule has 3 aromatic rings. The number of pyridine rings is 1. The number of ether oxygens (including phenoxy) is 3. The fourth-order valence-corrected chi connectivity index (χ4v) is 5.15. The summed E-state index contributed by atoms with van der Waals surface area (Å²) in [6.07, 6.45) is 4.05. The summed E-state index contributed by atoms with van der Waals surface area (Å²) < 4.78 is 17.3. The van der Waals surface area contributed by atoms with Crippen LogP contribution >= 0.6 is 0 Å². The summed E-state index contributed by atoms with van der Waals surface area (Å²) in [5.74, 6) is 1.76. The van der Waals surface area contributed by atoms with Gasteiger partial charge in [-0.05, 0) is 99.7 Å². The Bertz CT molecular complexity index is 1500. The van der Waals surface area contributed by atoms with E-state index < -0.39 is 5.60 Å². The number of anilines is 2. The third-order valence-electron chi connectivity index (χ3n) is 7.67. The molecular weight excluding hydrogens is 556 g/mol. The second kappa shape index (κ2) is 13.2. The maximum absolute atomic E-state index is 13.4. The zero-order valence-electron chi connectivity index (χ0n) is 27.2. The van der Waals surface area contributed by atoms with E-state index in [0.29, 0.717) is 53.2 Å². The molecule has 0 saturated carbocycles. The number of piperidine rings is 1. The number of carbonyl (C=O) groups is 2. The van der Waals surface area contributed by atoms with Crippen LogP contribution in [0.4, 0.5) is 16.2 Å². The number of nitrogens with zero attached hydrogens (tertiary/aromatic N) is 2. The van der Waals surface area contributed by atoms with Gasteiger partial charge in [0.1, 0.15) is 17.1 Å². The van der Waals surface area contributed by atoms with Crippen LogP contribution in [0.1, 0.15) is 81.6 Å². The molecule has 1 aliphatic heterocycles. The zero-order valence-corrected chi connectivity index (χ0v) is 27.2. The van der Waals surface area contributed by atoms with Crippen LogP contribution in [-0.2, 0) is 16.6 Å². The number of methoxy groups -OCH3 is 1. The SMILES string of the molecule is COc1c(N)cc(C(C)(C)C)cc1NC(=O)c1ccc(C)c(Oc2ccnc(CC3CCN(C(=O)OC(C)(C)C)CC3)c2)c1. The normalized spacial score (nSPS) is 14.2. The number of carbonyl (C=O) groups excluding carboxylic acids is 2. The first-order chi connectivity index (χ1) is 20.6. The molecule has 9 nitrogen and oxygen atoms in total. The molecule has 1 aliphatic rings. The predicted octanol–water partition coefficient (Wildman–Crippen LogP) is 7.51. The van der Waals surface area contributed by atoms with E-state index in [0.717, 1.165) is 36.1 Å². The second-order valence-electron chi connectivity index (χ2n) is 13.5. The van der Waals surface area contributed by atoms with Gasteiger partial charge >= 0.3 is 6.09 Å². The van der Waals surface area contributed by atoms with Gasteiger partial charge in [-0.1, -0.05) is 26.8 Å². The van der Waals surface area contributed by atoms with Crippen LogP contribution < -0.4 is 20.5 Å². The van der Waals surface area contributed by atoms with Gasteiger partial charge in [-0.25, -0.2) is 4.79 Å². The summed E-state index contributed by atoms with van der Waals surface area (Å²) in [7, 11) is 1.53. The van der Waals surface area contributed by atoms with E-state index in [1.54, 1.807) is 23.2 Å². The summed E-state index contributed by atoms with van der Waals surface area (Å²) in [5.41, 5.74) is 9.83. The summed E-state index contributed by atoms with van der Waals surface area (Å²) >= 11 is 0. The van der Waals surface area contributed by atoms with Gasteiger partial charge in [0, 0.05) is 36.6 Å². The Morgan fingerprint density at radius 2 is 1.73 bits per heavy atom. The largest absolute Gasteiger partial charge is 0.492 e. The van der Waals surface area contributed by atoms with Gasteiger partial charge in [-0.2, -0.15) is 0 Å². The Morgan fingerprint density at radius 1 is 1.02 bits per heavy atom. The van der Waals surface area contributed by atoms with Crippen LogP contribution in [0.3, 0.4) is 0 Å². The second-order valence-corrected chi connectivity index (χ2v) is 13.5. The minimum atomic E-state index is -0.500. The lowest BCUT2D eigenvalue weighted by Crippen LogP contribution is -2.42. The maximum atomic E-state index is 13.4. The van der Waals surface area contributed by atoms with E-state index >= 15 is 0 Å². The molecule has 9 heteroatoms. The lowest BCUT2D eigenvalue weighted by atomic mass is 9.86. The number of rotatable bonds is 7. The molecule has 0 spiro atoms. The fraction of sp³-hybridized carbons (Fsp3) is 0.457. The molecule has 1 saturated heterocycles. The minimum absolute atomic E-state index is 0.161. The zero-order chi connectivity index (χ0) is 32.2. The average molecular weight is 603 g/mol. The molecule has 2 heterocycles. The lowest BCUT2D eigenvalue weighted by Gasteiger charge is -2.33. The van der Waals surface area contributed by atoms with Gasteiger partial charge in [-0.15, -0.1) is 0 Å². The van der Waals surface area contributed by atoms with Crippen molar-refractivity contribution in [2.45, 2.75) is 78.7 Å². The number of nitrogens with two attached hydrogens (primary N) is 1. The number of likely N-dealkylation sites (tertiary alicyclic amines) is 1. The highest BCUT2D eigenvalue weighted by Crippen LogP contribution is 2.37. The minimum Gasteiger partial charge on any atom is -0.492 e. The Labute approximate surface area is 261 Å². The Morgan fingerprint density at radius 3 is 2.36 bits per heavy atom. The number of hydrogen-bond donors (Lipinski definition) is 2. The van der Waals surface area contributed by atoms with Crippen molar-refractivity contribution in [2.75, 3.05) is 31.2 Å². The van der Waals surface area contributed by atoms with E-state index in [4.69, 9.17) is 19.9 Å². The number of hydrogen-bond acceptors (Lipinski definition) is 7. The maximum Gasteiger partial charge on any atom is 0.410 e. The van der Waals surface area contributed by atoms with Crippen molar-refractivity contribution in [3.05, 3.63) is 71.0 Å². The van der Waals surface area contributed by atoms with Crippen molar-refractivity contribution in [1.82, 2.24) is 9.88 Å². The number of aryl methyl sites for hydroxylation is 1. The molecular formula is C35H46N4O5. The van der Waals surface area contributed by atoms with Crippen LogP contribution in [0.5, 0.6) is 17.2 Å². The first-order valence-corrected chi connectivity index (χ1v) is 15.1. The first kappa shape index (κ1) is 32.6. The van der Waals surface area contributed by atoms with E-state index in [1.165, 1.54) is 7.11 Å². The summed E-state index contributed by atoms with van der Waals surface area (Å²) in [6, 6.07) is 12.9. The highest BCUT2D eigenvalue weighted by atomic mass is 16.6. The average Bonchev–Trinajstić information content (AvgIpc) is 2.93. The molecule has 236 valence electrons. The van der Waals surface area contributed by atoms with Gasteiger partial charge in [0.15, 0.2) is 5.75 Å². The summed E-state index contributed by atoms with van der Waals surface area (Å²) in [5, 5.41) is 2.98. The molecule has 4 rings (SSSR count). The van der Waals surface area contributed by atoms with Crippen LogP contribution in [0.15, 0.2) is 48.7 Å². The van der Waals surface area contributed by atoms with Crippen molar-refractivity contribution in [3.63, 3.8) is 0 Å². The molecule has 0 aliphatic carbocycles. The van der Waals surface area contributed by atoms with Crippen LogP contribution in [0.2, 0.25) is 0 Å². The third-order valence-corrected chi connectivity index (χ3v) is 7.67. The monoisotopic (exact) mass is 602 g/mol. The van der Waals surface area contributed by atoms with E-state index in [-0.39, 0.29) is 17.4 Å². The van der Waals surface area contributed by atoms with Gasteiger partial charge in [0.05, 0.1) is 18.5 Å². The molecule has 1 fully saturated rings. The Kier molecular flexibility index (Phi) is 9.76. The van der Waals surface area contributed by atoms with Gasteiger partial charge in [0.25, 0.3) is 5.91 Å². The van der Waals surface area contributed by atoms with Crippen LogP contribution in [0, 0.1) is 12.8 Å².